The summed E-state index contributed by atoms with van der Waals surface area (Å²) < 4.78 is 2.02. The fourth-order valence-corrected chi connectivity index (χ4v) is 4.64. The molecular formula is C22H20N4OS. The lowest BCUT2D eigenvalue weighted by molar-refractivity contribution is 0.769. The average Bonchev–Trinajstić information content (AvgIpc) is 3.38. The maximum Gasteiger partial charge on any atom is 0.201 e. The van der Waals surface area contributed by atoms with E-state index >= 15 is 0 Å². The number of thiazole rings is 1. The van der Waals surface area contributed by atoms with Gasteiger partial charge in [0, 0.05) is 30.4 Å². The zero-order valence-corrected chi connectivity index (χ0v) is 16.4. The van der Waals surface area contributed by atoms with Gasteiger partial charge in [-0.1, -0.05) is 24.3 Å². The minimum atomic E-state index is -0.0134. The lowest BCUT2D eigenvalue weighted by Crippen LogP contribution is -2.20. The Morgan fingerprint density at radius 1 is 1.21 bits per heavy atom. The van der Waals surface area contributed by atoms with Crippen LogP contribution >= 0.6 is 11.3 Å². The van der Waals surface area contributed by atoms with Crippen LogP contribution in [-0.4, -0.2) is 20.6 Å². The van der Waals surface area contributed by atoms with Crippen LogP contribution in [0.25, 0.3) is 21.6 Å². The minimum Gasteiger partial charge on any atom is -0.380 e. The molecule has 4 aromatic rings. The highest BCUT2D eigenvalue weighted by Crippen LogP contribution is 2.26. The van der Waals surface area contributed by atoms with Gasteiger partial charge in [-0.05, 0) is 37.0 Å². The fourth-order valence-electron chi connectivity index (χ4n) is 4.00. The van der Waals surface area contributed by atoms with Gasteiger partial charge in [0.1, 0.15) is 10.7 Å². The number of fused-ring (bicyclic) bond motifs is 2. The monoisotopic (exact) mass is 388 g/mol. The molecule has 0 amide bonds. The van der Waals surface area contributed by atoms with Gasteiger partial charge in [0.05, 0.1) is 22.8 Å². The maximum atomic E-state index is 13.1. The smallest absolute Gasteiger partial charge is 0.201 e. The summed E-state index contributed by atoms with van der Waals surface area (Å²) in [6, 6.07) is 10.8. The van der Waals surface area contributed by atoms with Crippen LogP contribution < -0.4 is 10.7 Å². The number of pyridine rings is 2. The number of hydrogen-bond acceptors (Lipinski definition) is 5. The highest BCUT2D eigenvalue weighted by Gasteiger charge is 2.21. The summed E-state index contributed by atoms with van der Waals surface area (Å²) in [6.45, 7) is 2.80. The molecule has 1 N–H and O–H groups in total. The Morgan fingerprint density at radius 2 is 2.00 bits per heavy atom. The fraction of sp³-hybridized carbons (Fsp3) is 0.227. The molecule has 1 aliphatic rings. The number of rotatable bonds is 4. The number of nitrogens with one attached hydrogen (secondary N) is 1. The summed E-state index contributed by atoms with van der Waals surface area (Å²) in [5.74, 6) is 0. The predicted molar refractivity (Wildman–Crippen MR) is 114 cm³/mol. The number of nitrogens with zero attached hydrogens (tertiary/aromatic N) is 3. The number of hydrogen-bond donors (Lipinski definition) is 1. The molecule has 6 heteroatoms. The van der Waals surface area contributed by atoms with Crippen LogP contribution in [0.3, 0.4) is 0 Å². The number of aromatic nitrogens is 3. The molecular weight excluding hydrogens is 368 g/mol. The zero-order chi connectivity index (χ0) is 19.1. The van der Waals surface area contributed by atoms with Crippen molar-refractivity contribution in [1.82, 2.24) is 14.5 Å². The molecule has 3 aromatic heterocycles. The molecule has 0 fully saturated rings. The molecule has 5 rings (SSSR count). The van der Waals surface area contributed by atoms with Gasteiger partial charge in [0.15, 0.2) is 0 Å². The largest absolute Gasteiger partial charge is 0.380 e. The summed E-state index contributed by atoms with van der Waals surface area (Å²) >= 11 is 1.48. The summed E-state index contributed by atoms with van der Waals surface area (Å²) in [5, 5.41) is 6.85. The van der Waals surface area contributed by atoms with Crippen LogP contribution in [-0.2, 0) is 19.4 Å². The van der Waals surface area contributed by atoms with E-state index in [9.17, 15) is 4.79 Å². The quantitative estimate of drug-likeness (QED) is 0.571. The maximum absolute atomic E-state index is 13.1. The molecule has 1 aromatic carbocycles. The molecule has 0 spiro atoms. The van der Waals surface area contributed by atoms with Crippen molar-refractivity contribution in [3.05, 3.63) is 75.7 Å². The summed E-state index contributed by atoms with van der Waals surface area (Å²) in [4.78, 5) is 22.1. The standard InChI is InChI=1S/C22H20N4OS/c1-2-26-13-19(22-23-7-8-28-22)20(27)18-11-17(12-24-21(18)26)25-16-9-14-5-3-4-6-15(14)10-16/h3-8,11-13,16,25H,2,9-10H2,1H3. The number of anilines is 1. The molecule has 3 heterocycles. The van der Waals surface area contributed by atoms with E-state index in [1.165, 1.54) is 22.5 Å². The Bertz CT molecular complexity index is 1190. The minimum absolute atomic E-state index is 0.0134. The van der Waals surface area contributed by atoms with Crippen LogP contribution in [0.4, 0.5) is 5.69 Å². The normalized spacial score (nSPS) is 13.8. The van der Waals surface area contributed by atoms with E-state index in [4.69, 9.17) is 0 Å². The van der Waals surface area contributed by atoms with Crippen LogP contribution in [0.15, 0.2) is 59.1 Å². The van der Waals surface area contributed by atoms with E-state index in [2.05, 4.69) is 46.5 Å². The first kappa shape index (κ1) is 17.1. The van der Waals surface area contributed by atoms with E-state index in [1.807, 2.05) is 28.4 Å². The second-order valence-electron chi connectivity index (χ2n) is 7.11. The van der Waals surface area contributed by atoms with Crippen LogP contribution in [0.2, 0.25) is 0 Å². The topological polar surface area (TPSA) is 59.8 Å². The number of benzene rings is 1. The second kappa shape index (κ2) is 6.87. The molecule has 0 aliphatic heterocycles. The van der Waals surface area contributed by atoms with Gasteiger partial charge < -0.3 is 9.88 Å². The van der Waals surface area contributed by atoms with Gasteiger partial charge in [-0.3, -0.25) is 4.79 Å². The average molecular weight is 388 g/mol. The van der Waals surface area contributed by atoms with Gasteiger partial charge in [0.2, 0.25) is 5.43 Å². The first-order valence-corrected chi connectivity index (χ1v) is 10.4. The molecule has 0 atom stereocenters. The van der Waals surface area contributed by atoms with Crippen molar-refractivity contribution >= 4 is 28.1 Å². The molecule has 1 aliphatic carbocycles. The third-order valence-electron chi connectivity index (χ3n) is 5.34. The third kappa shape index (κ3) is 2.90. The molecule has 28 heavy (non-hydrogen) atoms. The van der Waals surface area contributed by atoms with E-state index < -0.39 is 0 Å². The molecule has 0 radical (unpaired) electrons. The third-order valence-corrected chi connectivity index (χ3v) is 6.14. The SMILES string of the molecule is CCn1cc(-c2nccs2)c(=O)c2cc(NC3Cc4ccccc4C3)cnc21. The molecule has 0 unspecified atom stereocenters. The van der Waals surface area contributed by atoms with E-state index in [0.717, 1.165) is 30.1 Å². The molecule has 0 saturated carbocycles. The van der Waals surface area contributed by atoms with Crippen LogP contribution in [0.1, 0.15) is 18.1 Å². The first-order valence-electron chi connectivity index (χ1n) is 9.49. The van der Waals surface area contributed by atoms with E-state index in [-0.39, 0.29) is 5.43 Å². The number of aryl methyl sites for hydroxylation is 1. The van der Waals surface area contributed by atoms with Crippen LogP contribution in [0, 0.1) is 0 Å². The molecule has 5 nitrogen and oxygen atoms in total. The summed E-state index contributed by atoms with van der Waals surface area (Å²) in [7, 11) is 0. The Kier molecular flexibility index (Phi) is 4.20. The Labute approximate surface area is 166 Å². The van der Waals surface area contributed by atoms with Crippen molar-refractivity contribution in [2.75, 3.05) is 5.32 Å². The van der Waals surface area contributed by atoms with Gasteiger partial charge in [-0.25, -0.2) is 9.97 Å². The van der Waals surface area contributed by atoms with Crippen molar-refractivity contribution < 1.29 is 0 Å². The lowest BCUT2D eigenvalue weighted by Gasteiger charge is -2.15. The highest BCUT2D eigenvalue weighted by atomic mass is 32.1. The van der Waals surface area contributed by atoms with Gasteiger partial charge in [-0.15, -0.1) is 11.3 Å². The van der Waals surface area contributed by atoms with Crippen molar-refractivity contribution in [1.29, 1.82) is 0 Å². The first-order chi connectivity index (χ1) is 13.7. The highest BCUT2D eigenvalue weighted by molar-refractivity contribution is 7.13. The Morgan fingerprint density at radius 3 is 2.68 bits per heavy atom. The van der Waals surface area contributed by atoms with E-state index in [0.29, 0.717) is 22.6 Å². The Balaban J connectivity index is 1.54. The Hall–Kier alpha value is -2.99. The van der Waals surface area contributed by atoms with Gasteiger partial charge >= 0.3 is 0 Å². The van der Waals surface area contributed by atoms with Crippen molar-refractivity contribution in [2.24, 2.45) is 0 Å². The van der Waals surface area contributed by atoms with Crippen molar-refractivity contribution in [2.45, 2.75) is 32.4 Å². The van der Waals surface area contributed by atoms with Crippen molar-refractivity contribution in [3.63, 3.8) is 0 Å². The lowest BCUT2D eigenvalue weighted by atomic mass is 10.1. The van der Waals surface area contributed by atoms with Gasteiger partial charge in [-0.2, -0.15) is 0 Å². The van der Waals surface area contributed by atoms with Gasteiger partial charge in [0.25, 0.3) is 0 Å². The molecule has 0 saturated heterocycles. The van der Waals surface area contributed by atoms with Crippen LogP contribution in [0.5, 0.6) is 0 Å². The second-order valence-corrected chi connectivity index (χ2v) is 8.00. The van der Waals surface area contributed by atoms with E-state index in [1.54, 1.807) is 6.20 Å². The zero-order valence-electron chi connectivity index (χ0n) is 15.6. The van der Waals surface area contributed by atoms with Crippen molar-refractivity contribution in [3.8, 4) is 10.6 Å². The molecule has 0 bridgehead atoms. The predicted octanol–water partition coefficient (Wildman–Crippen LogP) is 4.12. The summed E-state index contributed by atoms with van der Waals surface area (Å²) in [6.07, 6.45) is 7.42. The summed E-state index contributed by atoms with van der Waals surface area (Å²) in [5.41, 5.74) is 5.02. The molecule has 140 valence electrons.